The van der Waals surface area contributed by atoms with E-state index in [1.54, 1.807) is 11.3 Å². The Kier molecular flexibility index (Phi) is 1.97. The molecule has 3 heterocycles. The molecular formula is C10H10N4OS. The van der Waals surface area contributed by atoms with Gasteiger partial charge in [-0.15, -0.1) is 0 Å². The van der Waals surface area contributed by atoms with Crippen molar-refractivity contribution in [3.8, 4) is 11.3 Å². The maximum atomic E-state index is 11.2. The van der Waals surface area contributed by atoms with Crippen molar-refractivity contribution in [1.82, 2.24) is 9.78 Å². The molecule has 5 nitrogen and oxygen atoms in total. The second-order valence-corrected chi connectivity index (χ2v) is 4.39. The average molecular weight is 234 g/mol. The number of amides is 1. The van der Waals surface area contributed by atoms with Crippen molar-refractivity contribution in [2.75, 3.05) is 11.9 Å². The summed E-state index contributed by atoms with van der Waals surface area (Å²) in [5, 5.41) is 11.4. The summed E-state index contributed by atoms with van der Waals surface area (Å²) in [5.41, 5.74) is 8.27. The van der Waals surface area contributed by atoms with Crippen LogP contribution in [0.5, 0.6) is 0 Å². The summed E-state index contributed by atoms with van der Waals surface area (Å²) in [4.78, 5) is 11.2. The third kappa shape index (κ3) is 1.23. The number of nitrogens with zero attached hydrogens (tertiary/aromatic N) is 2. The van der Waals surface area contributed by atoms with Crippen LogP contribution in [-0.4, -0.2) is 22.4 Å². The van der Waals surface area contributed by atoms with Crippen molar-refractivity contribution in [3.05, 3.63) is 22.4 Å². The zero-order valence-electron chi connectivity index (χ0n) is 8.43. The minimum absolute atomic E-state index is 0.549. The summed E-state index contributed by atoms with van der Waals surface area (Å²) in [6.07, 6.45) is 0.883. The fourth-order valence-corrected chi connectivity index (χ4v) is 2.61. The molecule has 0 spiro atoms. The Labute approximate surface area is 95.9 Å². The van der Waals surface area contributed by atoms with Crippen LogP contribution in [0.3, 0.4) is 0 Å². The lowest BCUT2D eigenvalue weighted by Crippen LogP contribution is -2.22. The zero-order chi connectivity index (χ0) is 11.1. The SMILES string of the molecule is NC(=O)n1nc(-c2ccsc2)c2c1NCC2. The largest absolute Gasteiger partial charge is 0.369 e. The van der Waals surface area contributed by atoms with Crippen LogP contribution in [-0.2, 0) is 6.42 Å². The van der Waals surface area contributed by atoms with Gasteiger partial charge in [0.1, 0.15) is 5.82 Å². The number of hydrogen-bond acceptors (Lipinski definition) is 4. The van der Waals surface area contributed by atoms with Crippen molar-refractivity contribution in [2.24, 2.45) is 5.73 Å². The van der Waals surface area contributed by atoms with E-state index >= 15 is 0 Å². The minimum atomic E-state index is -0.549. The molecule has 2 aromatic rings. The van der Waals surface area contributed by atoms with Crippen LogP contribution in [0.25, 0.3) is 11.3 Å². The summed E-state index contributed by atoms with van der Waals surface area (Å²) in [6, 6.07) is 1.45. The van der Waals surface area contributed by atoms with Gasteiger partial charge in [-0.3, -0.25) is 0 Å². The Morgan fingerprint density at radius 2 is 2.50 bits per heavy atom. The molecule has 0 saturated carbocycles. The molecule has 6 heteroatoms. The van der Waals surface area contributed by atoms with Crippen molar-refractivity contribution in [1.29, 1.82) is 0 Å². The Hall–Kier alpha value is -1.82. The second kappa shape index (κ2) is 3.34. The predicted octanol–water partition coefficient (Wildman–Crippen LogP) is 1.51. The minimum Gasteiger partial charge on any atom is -0.369 e. The van der Waals surface area contributed by atoms with Crippen molar-refractivity contribution in [2.45, 2.75) is 6.42 Å². The van der Waals surface area contributed by atoms with Crippen molar-refractivity contribution in [3.63, 3.8) is 0 Å². The summed E-state index contributed by atoms with van der Waals surface area (Å²) in [6.45, 7) is 0.831. The molecule has 0 aromatic carbocycles. The smallest absolute Gasteiger partial charge is 0.341 e. The molecule has 3 rings (SSSR count). The van der Waals surface area contributed by atoms with Crippen LogP contribution in [0.4, 0.5) is 10.6 Å². The molecule has 1 amide bonds. The molecule has 0 saturated heterocycles. The zero-order valence-corrected chi connectivity index (χ0v) is 9.25. The van der Waals surface area contributed by atoms with Gasteiger partial charge in [0.25, 0.3) is 0 Å². The first-order valence-corrected chi connectivity index (χ1v) is 5.90. The molecule has 0 bridgehead atoms. The van der Waals surface area contributed by atoms with E-state index in [9.17, 15) is 4.79 Å². The fourth-order valence-electron chi connectivity index (χ4n) is 1.97. The van der Waals surface area contributed by atoms with Gasteiger partial charge < -0.3 is 11.1 Å². The van der Waals surface area contributed by atoms with Gasteiger partial charge in [-0.05, 0) is 17.9 Å². The van der Waals surface area contributed by atoms with Crippen molar-refractivity contribution < 1.29 is 4.79 Å². The normalized spacial score (nSPS) is 13.5. The fraction of sp³-hybridized carbons (Fsp3) is 0.200. The van der Waals surface area contributed by atoms with Gasteiger partial charge in [-0.2, -0.15) is 21.1 Å². The van der Waals surface area contributed by atoms with Gasteiger partial charge in [0.15, 0.2) is 0 Å². The first kappa shape index (κ1) is 9.41. The molecule has 1 aliphatic heterocycles. The molecule has 0 aliphatic carbocycles. The van der Waals surface area contributed by atoms with Crippen LogP contribution < -0.4 is 11.1 Å². The number of primary amides is 1. The molecule has 0 radical (unpaired) electrons. The van der Waals surface area contributed by atoms with Crippen LogP contribution >= 0.6 is 11.3 Å². The first-order valence-electron chi connectivity index (χ1n) is 4.95. The maximum absolute atomic E-state index is 11.2. The van der Waals surface area contributed by atoms with Gasteiger partial charge in [0, 0.05) is 23.1 Å². The quantitative estimate of drug-likeness (QED) is 0.785. The second-order valence-electron chi connectivity index (χ2n) is 3.61. The molecule has 1 aliphatic rings. The lowest BCUT2D eigenvalue weighted by Gasteiger charge is -1.99. The highest BCUT2D eigenvalue weighted by atomic mass is 32.1. The number of nitrogens with one attached hydrogen (secondary N) is 1. The van der Waals surface area contributed by atoms with E-state index in [4.69, 9.17) is 5.73 Å². The van der Waals surface area contributed by atoms with E-state index in [1.165, 1.54) is 4.68 Å². The number of nitrogens with two attached hydrogens (primary N) is 1. The molecule has 0 unspecified atom stereocenters. The Balaban J connectivity index is 2.20. The number of anilines is 1. The van der Waals surface area contributed by atoms with E-state index in [1.807, 2.05) is 16.8 Å². The molecule has 16 heavy (non-hydrogen) atoms. The average Bonchev–Trinajstić information content (AvgIpc) is 2.93. The van der Waals surface area contributed by atoms with Crippen molar-refractivity contribution >= 4 is 23.2 Å². The van der Waals surface area contributed by atoms with Crippen LogP contribution in [0, 0.1) is 0 Å². The van der Waals surface area contributed by atoms with E-state index in [2.05, 4.69) is 10.4 Å². The van der Waals surface area contributed by atoms with E-state index in [0.717, 1.165) is 35.6 Å². The number of rotatable bonds is 1. The van der Waals surface area contributed by atoms with E-state index < -0.39 is 6.03 Å². The molecular weight excluding hydrogens is 224 g/mol. The molecule has 82 valence electrons. The Morgan fingerprint density at radius 1 is 1.62 bits per heavy atom. The standard InChI is InChI=1S/C10H10N4OS/c11-10(15)14-9-7(1-3-12-9)8(13-14)6-2-4-16-5-6/h2,4-5,12H,1,3H2,(H2,11,15). The highest BCUT2D eigenvalue weighted by molar-refractivity contribution is 7.08. The van der Waals surface area contributed by atoms with Gasteiger partial charge in [0.2, 0.25) is 0 Å². The molecule has 0 atom stereocenters. The highest BCUT2D eigenvalue weighted by Crippen LogP contribution is 2.33. The maximum Gasteiger partial charge on any atom is 0.341 e. The third-order valence-electron chi connectivity index (χ3n) is 2.65. The van der Waals surface area contributed by atoms with Gasteiger partial charge >= 0.3 is 6.03 Å². The number of carbonyl (C=O) groups excluding carboxylic acids is 1. The highest BCUT2D eigenvalue weighted by Gasteiger charge is 2.24. The monoisotopic (exact) mass is 234 g/mol. The predicted molar refractivity (Wildman–Crippen MR) is 62.7 cm³/mol. The van der Waals surface area contributed by atoms with Gasteiger partial charge in [-0.25, -0.2) is 4.79 Å². The first-order chi connectivity index (χ1) is 7.77. The van der Waals surface area contributed by atoms with Crippen LogP contribution in [0.2, 0.25) is 0 Å². The summed E-state index contributed by atoms with van der Waals surface area (Å²) in [5.74, 6) is 0.744. The van der Waals surface area contributed by atoms with E-state index in [0.29, 0.717) is 0 Å². The number of hydrogen-bond donors (Lipinski definition) is 2. The number of fused-ring (bicyclic) bond motifs is 1. The van der Waals surface area contributed by atoms with E-state index in [-0.39, 0.29) is 0 Å². The van der Waals surface area contributed by atoms with Gasteiger partial charge in [-0.1, -0.05) is 0 Å². The molecule has 2 aromatic heterocycles. The Morgan fingerprint density at radius 3 is 3.19 bits per heavy atom. The summed E-state index contributed by atoms with van der Waals surface area (Å²) in [7, 11) is 0. The lowest BCUT2D eigenvalue weighted by molar-refractivity contribution is 0.248. The lowest BCUT2D eigenvalue weighted by atomic mass is 10.1. The van der Waals surface area contributed by atoms with Gasteiger partial charge in [0.05, 0.1) is 5.69 Å². The topological polar surface area (TPSA) is 72.9 Å². The summed E-state index contributed by atoms with van der Waals surface area (Å²) >= 11 is 1.61. The molecule has 0 fully saturated rings. The Bertz CT molecular complexity index is 543. The number of carbonyl (C=O) groups is 1. The number of aromatic nitrogens is 2. The third-order valence-corrected chi connectivity index (χ3v) is 3.34. The number of thiophene rings is 1. The van der Waals surface area contributed by atoms with Crippen LogP contribution in [0.15, 0.2) is 16.8 Å². The molecule has 3 N–H and O–H groups in total. The van der Waals surface area contributed by atoms with Crippen LogP contribution in [0.1, 0.15) is 5.56 Å². The summed E-state index contributed by atoms with van der Waals surface area (Å²) < 4.78 is 1.25.